The zero-order valence-corrected chi connectivity index (χ0v) is 15.1. The molecule has 0 nitrogen and oxygen atoms in total. The standard InChI is InChI=1S/C10H22Cl2Si3/c1-13(2,3)7-9-15(11,12)10-8-14(4,5)6/h7-10H,1-6H3. The van der Waals surface area contributed by atoms with Gasteiger partial charge in [0, 0.05) is 0 Å². The highest BCUT2D eigenvalue weighted by Crippen LogP contribution is 2.21. The number of hydrogen-bond donors (Lipinski definition) is 0. The Morgan fingerprint density at radius 3 is 1.07 bits per heavy atom. The summed E-state index contributed by atoms with van der Waals surface area (Å²) in [6.45, 7) is 11.4. The fourth-order valence-electron chi connectivity index (χ4n) is 0.778. The Morgan fingerprint density at radius 2 is 0.867 bits per heavy atom. The van der Waals surface area contributed by atoms with Crippen LogP contribution < -0.4 is 0 Å². The normalized spacial score (nSPS) is 15.5. The summed E-state index contributed by atoms with van der Waals surface area (Å²) in [5, 5.41) is 0. The van der Waals surface area contributed by atoms with E-state index in [0.29, 0.717) is 0 Å². The Balaban J connectivity index is 4.58. The maximum Gasteiger partial charge on any atom is 0.295 e. The van der Waals surface area contributed by atoms with Gasteiger partial charge in [-0.05, 0) is 0 Å². The lowest BCUT2D eigenvalue weighted by Gasteiger charge is -2.14. The lowest BCUT2D eigenvalue weighted by molar-refractivity contribution is 1.77. The Kier molecular flexibility index (Phi) is 5.62. The lowest BCUT2D eigenvalue weighted by atomic mass is 11.2. The Bertz CT molecular complexity index is 231. The first-order chi connectivity index (χ1) is 6.41. The van der Waals surface area contributed by atoms with Gasteiger partial charge in [-0.3, -0.25) is 0 Å². The number of hydrogen-bond acceptors (Lipinski definition) is 0. The van der Waals surface area contributed by atoms with Gasteiger partial charge < -0.3 is 0 Å². The average Bonchev–Trinajstić information content (AvgIpc) is 1.96. The molecule has 0 amide bonds. The molecule has 0 radical (unpaired) electrons. The molecule has 0 aliphatic carbocycles. The SMILES string of the molecule is C[Si](C)(C)C=C[Si](Cl)(Cl)C=C[Si](C)(C)C. The van der Waals surface area contributed by atoms with Gasteiger partial charge in [-0.2, -0.15) is 0 Å². The van der Waals surface area contributed by atoms with Crippen molar-refractivity contribution in [1.29, 1.82) is 0 Å². The highest BCUT2D eigenvalue weighted by atomic mass is 35.7. The molecule has 0 saturated heterocycles. The molecule has 0 spiro atoms. The van der Waals surface area contributed by atoms with E-state index in [9.17, 15) is 0 Å². The summed E-state index contributed by atoms with van der Waals surface area (Å²) in [7, 11) is -2.36. The van der Waals surface area contributed by atoms with Gasteiger partial charge in [0.25, 0.3) is 6.69 Å². The fraction of sp³-hybridized carbons (Fsp3) is 0.600. The van der Waals surface area contributed by atoms with Crippen molar-refractivity contribution in [3.05, 3.63) is 22.8 Å². The van der Waals surface area contributed by atoms with Gasteiger partial charge in [-0.25, -0.2) is 0 Å². The smallest absolute Gasteiger partial charge is 0.135 e. The van der Waals surface area contributed by atoms with E-state index in [-0.39, 0.29) is 0 Å². The van der Waals surface area contributed by atoms with Crippen LogP contribution in [-0.4, -0.2) is 22.8 Å². The van der Waals surface area contributed by atoms with E-state index in [2.05, 4.69) is 62.1 Å². The molecule has 0 unspecified atom stereocenters. The minimum Gasteiger partial charge on any atom is -0.135 e. The zero-order valence-electron chi connectivity index (χ0n) is 10.6. The summed E-state index contributed by atoms with van der Waals surface area (Å²) < 4.78 is 0. The van der Waals surface area contributed by atoms with E-state index in [4.69, 9.17) is 22.2 Å². The van der Waals surface area contributed by atoms with Crippen LogP contribution in [0, 0.1) is 0 Å². The molecule has 0 aromatic carbocycles. The second-order valence-corrected chi connectivity index (χ2v) is 22.6. The third kappa shape index (κ3) is 11.0. The molecule has 0 bridgehead atoms. The number of rotatable bonds is 4. The molecule has 5 heteroatoms. The largest absolute Gasteiger partial charge is 0.295 e. The van der Waals surface area contributed by atoms with E-state index in [0.717, 1.165) is 0 Å². The second-order valence-electron chi connectivity index (χ2n) is 6.07. The average molecular weight is 297 g/mol. The Morgan fingerprint density at radius 1 is 0.600 bits per heavy atom. The molecule has 0 aromatic heterocycles. The molecule has 0 aliphatic heterocycles. The van der Waals surface area contributed by atoms with Crippen LogP contribution >= 0.6 is 22.2 Å². The highest BCUT2D eigenvalue weighted by Gasteiger charge is 2.23. The summed E-state index contributed by atoms with van der Waals surface area (Å²) in [4.78, 5) is 0. The van der Waals surface area contributed by atoms with Gasteiger partial charge in [0.05, 0.1) is 16.1 Å². The molecule has 15 heavy (non-hydrogen) atoms. The van der Waals surface area contributed by atoms with Crippen molar-refractivity contribution in [3.63, 3.8) is 0 Å². The fourth-order valence-corrected chi connectivity index (χ4v) is 8.93. The lowest BCUT2D eigenvalue weighted by Crippen LogP contribution is -2.23. The summed E-state index contributed by atoms with van der Waals surface area (Å²) in [6, 6.07) is 0. The molecule has 0 atom stereocenters. The topological polar surface area (TPSA) is 0 Å². The zero-order chi connectivity index (χ0) is 12.3. The molecular formula is C10H22Cl2Si3. The van der Waals surface area contributed by atoms with Crippen molar-refractivity contribution in [2.45, 2.75) is 39.3 Å². The molecule has 0 rings (SSSR count). The van der Waals surface area contributed by atoms with Crippen LogP contribution in [0.15, 0.2) is 22.8 Å². The maximum atomic E-state index is 6.32. The van der Waals surface area contributed by atoms with Crippen LogP contribution in [0.25, 0.3) is 0 Å². The highest BCUT2D eigenvalue weighted by molar-refractivity contribution is 7.50. The van der Waals surface area contributed by atoms with Crippen molar-refractivity contribution in [2.24, 2.45) is 0 Å². The molecular weight excluding hydrogens is 275 g/mol. The van der Waals surface area contributed by atoms with Crippen molar-refractivity contribution in [1.82, 2.24) is 0 Å². The minimum atomic E-state index is -2.27. The van der Waals surface area contributed by atoms with Gasteiger partial charge in [0.1, 0.15) is 0 Å². The first-order valence-electron chi connectivity index (χ1n) is 5.20. The van der Waals surface area contributed by atoms with E-state index < -0.39 is 22.8 Å². The van der Waals surface area contributed by atoms with Gasteiger partial charge in [0.2, 0.25) is 0 Å². The summed E-state index contributed by atoms with van der Waals surface area (Å²) in [6.07, 6.45) is 0. The van der Waals surface area contributed by atoms with Gasteiger partial charge in [-0.15, -0.1) is 33.6 Å². The summed E-state index contributed by atoms with van der Waals surface area (Å²) in [5.74, 6) is 0. The van der Waals surface area contributed by atoms with Gasteiger partial charge in [-0.1, -0.05) is 50.7 Å². The van der Waals surface area contributed by atoms with E-state index >= 15 is 0 Å². The predicted molar refractivity (Wildman–Crippen MR) is 82.4 cm³/mol. The van der Waals surface area contributed by atoms with Crippen LogP contribution in [0.1, 0.15) is 0 Å². The van der Waals surface area contributed by atoms with E-state index in [1.807, 2.05) is 0 Å². The van der Waals surface area contributed by atoms with Crippen LogP contribution in [0.4, 0.5) is 0 Å². The third-order valence-corrected chi connectivity index (χ3v) is 7.35. The Labute approximate surface area is 107 Å². The monoisotopic (exact) mass is 296 g/mol. The quantitative estimate of drug-likeness (QED) is 0.514. The molecule has 0 aliphatic rings. The van der Waals surface area contributed by atoms with Crippen LogP contribution in [0.3, 0.4) is 0 Å². The van der Waals surface area contributed by atoms with Gasteiger partial charge >= 0.3 is 0 Å². The second kappa shape index (κ2) is 5.36. The molecule has 88 valence electrons. The molecule has 0 fully saturated rings. The number of halogens is 2. The Hall–Kier alpha value is 0.711. The third-order valence-electron chi connectivity index (χ3n) is 1.61. The van der Waals surface area contributed by atoms with Crippen LogP contribution in [-0.2, 0) is 0 Å². The maximum absolute atomic E-state index is 6.32. The molecule has 0 aromatic rings. The molecule has 0 saturated carbocycles. The van der Waals surface area contributed by atoms with Crippen molar-refractivity contribution in [3.8, 4) is 0 Å². The van der Waals surface area contributed by atoms with Crippen LogP contribution in [0.5, 0.6) is 0 Å². The molecule has 0 N–H and O–H groups in total. The van der Waals surface area contributed by atoms with Crippen molar-refractivity contribution in [2.75, 3.05) is 0 Å². The minimum absolute atomic E-state index is 1.18. The van der Waals surface area contributed by atoms with E-state index in [1.54, 1.807) is 0 Å². The first kappa shape index (κ1) is 15.7. The molecule has 0 heterocycles. The summed E-state index contributed by atoms with van der Waals surface area (Å²) in [5.41, 5.74) is 8.60. The van der Waals surface area contributed by atoms with Gasteiger partial charge in [0.15, 0.2) is 0 Å². The first-order valence-corrected chi connectivity index (χ1v) is 16.5. The summed E-state index contributed by atoms with van der Waals surface area (Å²) >= 11 is 12.6. The van der Waals surface area contributed by atoms with E-state index in [1.165, 1.54) is 0 Å². The predicted octanol–water partition coefficient (Wildman–Crippen LogP) is 4.85. The van der Waals surface area contributed by atoms with Crippen molar-refractivity contribution < 1.29 is 0 Å². The van der Waals surface area contributed by atoms with Crippen LogP contribution in [0.2, 0.25) is 39.3 Å². The van der Waals surface area contributed by atoms with Crippen molar-refractivity contribution >= 4 is 45.0 Å².